The number of fused-ring (bicyclic) bond motifs is 11. The summed E-state index contributed by atoms with van der Waals surface area (Å²) in [6.45, 7) is 6.44. The largest absolute Gasteiger partial charge is 0.486 e. The number of hydrogen-bond acceptors (Lipinski definition) is 8. The van der Waals surface area contributed by atoms with Crippen LogP contribution in [0.2, 0.25) is 0 Å². The average Bonchev–Trinajstić information content (AvgIpc) is 3.88. The van der Waals surface area contributed by atoms with Gasteiger partial charge in [0.25, 0.3) is 0 Å². The molecule has 9 aromatic carbocycles. The van der Waals surface area contributed by atoms with Crippen molar-refractivity contribution >= 4 is 99.5 Å². The molecule has 0 bridgehead atoms. The zero-order valence-electron chi connectivity index (χ0n) is 35.2. The lowest BCUT2D eigenvalue weighted by atomic mass is 10.00. The molecular formula is C56H40N2O6. The molecule has 0 radical (unpaired) electrons. The van der Waals surface area contributed by atoms with E-state index < -0.39 is 0 Å². The minimum absolute atomic E-state index is 0.528. The summed E-state index contributed by atoms with van der Waals surface area (Å²) in [5, 5.41) is 8.59. The fourth-order valence-electron chi connectivity index (χ4n) is 9.70. The molecule has 0 amide bonds. The molecule has 0 fully saturated rings. The maximum absolute atomic E-state index is 6.69. The Hall–Kier alpha value is -8.10. The highest BCUT2D eigenvalue weighted by Crippen LogP contribution is 2.47. The van der Waals surface area contributed by atoms with E-state index in [4.69, 9.17) is 27.8 Å². The molecule has 0 saturated carbocycles. The number of furan rings is 2. The summed E-state index contributed by atoms with van der Waals surface area (Å²) in [4.78, 5) is 4.56. The van der Waals surface area contributed by atoms with Gasteiger partial charge in [-0.3, -0.25) is 0 Å². The predicted molar refractivity (Wildman–Crippen MR) is 257 cm³/mol. The Labute approximate surface area is 367 Å². The summed E-state index contributed by atoms with van der Waals surface area (Å²) in [5.74, 6) is 3.03. The third-order valence-electron chi connectivity index (χ3n) is 12.7. The monoisotopic (exact) mass is 836 g/mol. The maximum atomic E-state index is 6.69. The second-order valence-electron chi connectivity index (χ2n) is 16.7. The quantitative estimate of drug-likeness (QED) is 0.164. The van der Waals surface area contributed by atoms with Crippen LogP contribution >= 0.6 is 0 Å². The maximum Gasteiger partial charge on any atom is 0.163 e. The highest BCUT2D eigenvalue weighted by molar-refractivity contribution is 6.28. The molecular weight excluding hydrogens is 797 g/mol. The Kier molecular flexibility index (Phi) is 8.12. The lowest BCUT2D eigenvalue weighted by Crippen LogP contribution is -2.16. The Morgan fingerprint density at radius 1 is 0.344 bits per heavy atom. The van der Waals surface area contributed by atoms with Crippen LogP contribution in [0.5, 0.6) is 23.0 Å². The van der Waals surface area contributed by atoms with Crippen molar-refractivity contribution in [2.45, 2.75) is 13.8 Å². The van der Waals surface area contributed by atoms with Crippen LogP contribution in [-0.2, 0) is 0 Å². The normalized spacial score (nSPS) is 13.4. The molecule has 0 saturated heterocycles. The number of anilines is 6. The van der Waals surface area contributed by atoms with Gasteiger partial charge in [-0.25, -0.2) is 0 Å². The molecule has 8 heteroatoms. The molecule has 0 N–H and O–H groups in total. The van der Waals surface area contributed by atoms with Gasteiger partial charge < -0.3 is 37.6 Å². The first kappa shape index (κ1) is 36.5. The van der Waals surface area contributed by atoms with E-state index >= 15 is 0 Å². The standard InChI is InChI=1S/C56H40N2O6/c1-33-7-3-5-9-45(33)57(41-15-17-47-53(31-41)61-23-21-59-47)39-13-11-35-27-43-51(29-37(35)25-39)63-49-19-20-50-56(55(43)49)44-28-36-12-14-40(26-38(36)30-52(44)64-50)58(46-10-6-4-8-34(46)2)42-16-18-48-54(32-42)62-24-22-60-48/h3-20,25-32H,21-24H2,1-2H3. The minimum atomic E-state index is 0.528. The Balaban J connectivity index is 0.929. The number of aryl methyl sites for hydroxylation is 2. The van der Waals surface area contributed by atoms with Crippen LogP contribution in [0.4, 0.5) is 34.1 Å². The number of para-hydroxylation sites is 2. The summed E-state index contributed by atoms with van der Waals surface area (Å²) in [6.07, 6.45) is 0. The van der Waals surface area contributed by atoms with E-state index in [2.05, 4.69) is 157 Å². The first-order chi connectivity index (χ1) is 31.5. The van der Waals surface area contributed by atoms with Crippen molar-refractivity contribution < 1.29 is 27.8 Å². The van der Waals surface area contributed by atoms with E-state index in [1.165, 1.54) is 0 Å². The van der Waals surface area contributed by atoms with Gasteiger partial charge in [0.15, 0.2) is 23.0 Å². The second kappa shape index (κ2) is 14.2. The molecule has 4 heterocycles. The molecule has 64 heavy (non-hydrogen) atoms. The van der Waals surface area contributed by atoms with Crippen molar-refractivity contribution in [3.05, 3.63) is 169 Å². The molecule has 13 rings (SSSR count). The molecule has 11 aromatic rings. The summed E-state index contributed by atoms with van der Waals surface area (Å²) in [5.41, 5.74) is 11.8. The Bertz CT molecular complexity index is 3460. The minimum Gasteiger partial charge on any atom is -0.486 e. The lowest BCUT2D eigenvalue weighted by Gasteiger charge is -2.28. The highest BCUT2D eigenvalue weighted by Gasteiger charge is 2.23. The van der Waals surface area contributed by atoms with Gasteiger partial charge in [0.05, 0.1) is 11.4 Å². The number of rotatable bonds is 6. The first-order valence-corrected chi connectivity index (χ1v) is 21.7. The van der Waals surface area contributed by atoms with Crippen LogP contribution in [0.15, 0.2) is 167 Å². The van der Waals surface area contributed by atoms with E-state index in [1.54, 1.807) is 0 Å². The fraction of sp³-hybridized carbons (Fsp3) is 0.107. The van der Waals surface area contributed by atoms with Crippen molar-refractivity contribution in [3.63, 3.8) is 0 Å². The zero-order valence-corrected chi connectivity index (χ0v) is 35.2. The van der Waals surface area contributed by atoms with E-state index in [-0.39, 0.29) is 0 Å². The van der Waals surface area contributed by atoms with Gasteiger partial charge >= 0.3 is 0 Å². The molecule has 8 nitrogen and oxygen atoms in total. The molecule has 2 aliphatic rings. The summed E-state index contributed by atoms with van der Waals surface area (Å²) in [6, 6.07) is 55.4. The second-order valence-corrected chi connectivity index (χ2v) is 16.7. The van der Waals surface area contributed by atoms with Crippen LogP contribution in [-0.4, -0.2) is 26.4 Å². The van der Waals surface area contributed by atoms with Crippen molar-refractivity contribution in [3.8, 4) is 23.0 Å². The Morgan fingerprint density at radius 3 is 1.20 bits per heavy atom. The smallest absolute Gasteiger partial charge is 0.163 e. The molecule has 0 atom stereocenters. The fourth-order valence-corrected chi connectivity index (χ4v) is 9.70. The number of ether oxygens (including phenoxy) is 4. The molecule has 2 aromatic heterocycles. The molecule has 310 valence electrons. The molecule has 2 aliphatic heterocycles. The van der Waals surface area contributed by atoms with Crippen LogP contribution in [0.3, 0.4) is 0 Å². The summed E-state index contributed by atoms with van der Waals surface area (Å²) < 4.78 is 37.2. The predicted octanol–water partition coefficient (Wildman–Crippen LogP) is 14.9. The van der Waals surface area contributed by atoms with E-state index in [0.29, 0.717) is 26.4 Å². The van der Waals surface area contributed by atoms with Gasteiger partial charge in [-0.05, 0) is 144 Å². The highest BCUT2D eigenvalue weighted by atomic mass is 16.6. The first-order valence-electron chi connectivity index (χ1n) is 21.7. The SMILES string of the molecule is Cc1ccccc1N(c1ccc2c(c1)OCCO2)c1ccc2cc3c(cc2c1)oc1ccc2oc4cc5cc(N(c6ccc7c(c6)OCCO7)c6ccccc6C)ccc5cc4c2c13. The van der Waals surface area contributed by atoms with Gasteiger partial charge in [-0.2, -0.15) is 0 Å². The number of nitrogens with zero attached hydrogens (tertiary/aromatic N) is 2. The van der Waals surface area contributed by atoms with Crippen LogP contribution in [0.25, 0.3) is 65.4 Å². The summed E-state index contributed by atoms with van der Waals surface area (Å²) >= 11 is 0. The van der Waals surface area contributed by atoms with Crippen LogP contribution in [0.1, 0.15) is 11.1 Å². The third kappa shape index (κ3) is 5.83. The van der Waals surface area contributed by atoms with Gasteiger partial charge in [0.1, 0.15) is 48.8 Å². The van der Waals surface area contributed by atoms with Crippen LogP contribution in [0, 0.1) is 13.8 Å². The van der Waals surface area contributed by atoms with Gasteiger partial charge in [-0.15, -0.1) is 0 Å². The lowest BCUT2D eigenvalue weighted by molar-refractivity contribution is 0.171. The van der Waals surface area contributed by atoms with E-state index in [0.717, 1.165) is 134 Å². The van der Waals surface area contributed by atoms with Crippen molar-refractivity contribution in [1.82, 2.24) is 0 Å². The van der Waals surface area contributed by atoms with E-state index in [9.17, 15) is 0 Å². The van der Waals surface area contributed by atoms with Gasteiger partial charge in [0.2, 0.25) is 0 Å². The molecule has 0 unspecified atom stereocenters. The van der Waals surface area contributed by atoms with Crippen LogP contribution < -0.4 is 28.7 Å². The number of benzene rings is 9. The van der Waals surface area contributed by atoms with Crippen molar-refractivity contribution in [2.24, 2.45) is 0 Å². The number of hydrogen-bond donors (Lipinski definition) is 0. The van der Waals surface area contributed by atoms with Crippen molar-refractivity contribution in [1.29, 1.82) is 0 Å². The molecule has 0 aliphatic carbocycles. The molecule has 0 spiro atoms. The Morgan fingerprint density at radius 2 is 0.750 bits per heavy atom. The zero-order chi connectivity index (χ0) is 42.5. The summed E-state index contributed by atoms with van der Waals surface area (Å²) in [7, 11) is 0. The van der Waals surface area contributed by atoms with Crippen molar-refractivity contribution in [2.75, 3.05) is 36.2 Å². The van der Waals surface area contributed by atoms with E-state index in [1.807, 2.05) is 24.3 Å². The van der Waals surface area contributed by atoms with Gasteiger partial charge in [0, 0.05) is 56.4 Å². The average molecular weight is 837 g/mol. The topological polar surface area (TPSA) is 69.7 Å². The third-order valence-corrected chi connectivity index (χ3v) is 12.7. The van der Waals surface area contributed by atoms with Gasteiger partial charge in [-0.1, -0.05) is 48.5 Å².